The highest BCUT2D eigenvalue weighted by Gasteiger charge is 2.01. The monoisotopic (exact) mass is 269 g/mol. The molecule has 0 saturated carbocycles. The summed E-state index contributed by atoms with van der Waals surface area (Å²) in [7, 11) is 0. The topological polar surface area (TPSA) is 120 Å². The van der Waals surface area contributed by atoms with E-state index in [-0.39, 0.29) is 12.4 Å². The Morgan fingerprint density at radius 3 is 2.63 bits per heavy atom. The van der Waals surface area contributed by atoms with Gasteiger partial charge in [-0.15, -0.1) is 0 Å². The number of aliphatic hydroxyl groups is 2. The van der Waals surface area contributed by atoms with Gasteiger partial charge in [-0.05, 0) is 24.3 Å². The van der Waals surface area contributed by atoms with E-state index in [0.717, 1.165) is 0 Å². The molecular formula is C12H19N3O4. The third kappa shape index (κ3) is 5.56. The molecule has 7 heteroatoms. The van der Waals surface area contributed by atoms with Crippen LogP contribution in [0, 0.1) is 0 Å². The Bertz CT molecular complexity index is 394. The maximum atomic E-state index is 9.08. The van der Waals surface area contributed by atoms with E-state index in [1.807, 2.05) is 0 Å². The Balaban J connectivity index is 2.27. The van der Waals surface area contributed by atoms with Gasteiger partial charge in [-0.2, -0.15) is 0 Å². The largest absolute Gasteiger partial charge is 0.492 e. The fraction of sp³-hybridized carbons (Fsp3) is 0.417. The first-order valence-electron chi connectivity index (χ1n) is 5.87. The number of hydrogen-bond acceptors (Lipinski definition) is 6. The van der Waals surface area contributed by atoms with Crippen molar-refractivity contribution in [3.63, 3.8) is 0 Å². The molecule has 7 nitrogen and oxygen atoms in total. The summed E-state index contributed by atoms with van der Waals surface area (Å²) in [5, 5.41) is 32.0. The normalized spacial score (nSPS) is 13.3. The number of ether oxygens (including phenoxy) is 1. The number of nitrogens with one attached hydrogen (secondary N) is 1. The smallest absolute Gasteiger partial charge is 0.170 e. The van der Waals surface area contributed by atoms with E-state index in [9.17, 15) is 0 Å². The molecule has 1 atom stereocenters. The summed E-state index contributed by atoms with van der Waals surface area (Å²) < 4.78 is 5.44. The van der Waals surface area contributed by atoms with Crippen LogP contribution in [0.1, 0.15) is 5.56 Å². The van der Waals surface area contributed by atoms with Gasteiger partial charge in [-0.1, -0.05) is 5.16 Å². The van der Waals surface area contributed by atoms with Crippen LogP contribution in [0.4, 0.5) is 0 Å². The van der Waals surface area contributed by atoms with E-state index in [2.05, 4.69) is 10.5 Å². The van der Waals surface area contributed by atoms with Crippen molar-refractivity contribution >= 4 is 5.84 Å². The predicted molar refractivity (Wildman–Crippen MR) is 70.4 cm³/mol. The van der Waals surface area contributed by atoms with Crippen molar-refractivity contribution in [1.82, 2.24) is 5.32 Å². The van der Waals surface area contributed by atoms with Crippen molar-refractivity contribution in [3.8, 4) is 5.75 Å². The van der Waals surface area contributed by atoms with Crippen LogP contribution >= 0.6 is 0 Å². The number of rotatable bonds is 8. The lowest BCUT2D eigenvalue weighted by Gasteiger charge is -2.10. The summed E-state index contributed by atoms with van der Waals surface area (Å²) in [6, 6.07) is 6.81. The van der Waals surface area contributed by atoms with Crippen LogP contribution in [0.2, 0.25) is 0 Å². The number of aliphatic hydroxyl groups excluding tert-OH is 2. The minimum absolute atomic E-state index is 0.0474. The molecule has 0 saturated heterocycles. The molecule has 0 aliphatic heterocycles. The Kier molecular flexibility index (Phi) is 6.65. The summed E-state index contributed by atoms with van der Waals surface area (Å²) in [4.78, 5) is 0. The number of hydrogen-bond donors (Lipinski definition) is 5. The molecule has 1 rings (SSSR count). The van der Waals surface area contributed by atoms with Gasteiger partial charge in [0.15, 0.2) is 5.84 Å². The van der Waals surface area contributed by atoms with Crippen LogP contribution < -0.4 is 15.8 Å². The SMILES string of the molecule is NC(=NO)c1ccc(OCCNCC(O)CO)cc1. The van der Waals surface area contributed by atoms with Crippen molar-refractivity contribution in [3.05, 3.63) is 29.8 Å². The quantitative estimate of drug-likeness (QED) is 0.137. The van der Waals surface area contributed by atoms with Gasteiger partial charge in [-0.25, -0.2) is 0 Å². The summed E-state index contributed by atoms with van der Waals surface area (Å²) in [6.07, 6.45) is -0.750. The lowest BCUT2D eigenvalue weighted by Crippen LogP contribution is -2.32. The molecule has 0 aliphatic rings. The standard InChI is InChI=1S/C12H19N3O4/c13-12(15-18)9-1-3-11(4-2-9)19-6-5-14-7-10(17)8-16/h1-4,10,14,16-18H,5-8H2,(H2,13,15). The molecule has 106 valence electrons. The Morgan fingerprint density at radius 1 is 1.37 bits per heavy atom. The fourth-order valence-corrected chi connectivity index (χ4v) is 1.35. The average molecular weight is 269 g/mol. The van der Waals surface area contributed by atoms with Gasteiger partial charge < -0.3 is 31.2 Å². The van der Waals surface area contributed by atoms with Gasteiger partial charge in [0.25, 0.3) is 0 Å². The van der Waals surface area contributed by atoms with Crippen LogP contribution in [0.5, 0.6) is 5.75 Å². The molecule has 0 amide bonds. The second-order valence-corrected chi connectivity index (χ2v) is 3.90. The first-order chi connectivity index (χ1) is 9.17. The van der Waals surface area contributed by atoms with E-state index >= 15 is 0 Å². The van der Waals surface area contributed by atoms with Crippen LogP contribution in [0.25, 0.3) is 0 Å². The number of benzene rings is 1. The highest BCUT2D eigenvalue weighted by atomic mass is 16.5. The summed E-state index contributed by atoms with van der Waals surface area (Å²) >= 11 is 0. The zero-order chi connectivity index (χ0) is 14.1. The third-order valence-electron chi connectivity index (χ3n) is 2.40. The van der Waals surface area contributed by atoms with Crippen LogP contribution in [-0.4, -0.2) is 53.7 Å². The van der Waals surface area contributed by atoms with Crippen molar-refractivity contribution in [1.29, 1.82) is 0 Å². The molecule has 0 bridgehead atoms. The second kappa shape index (κ2) is 8.30. The lowest BCUT2D eigenvalue weighted by molar-refractivity contribution is 0.0936. The molecule has 1 aromatic rings. The lowest BCUT2D eigenvalue weighted by atomic mass is 10.2. The predicted octanol–water partition coefficient (Wildman–Crippen LogP) is -0.897. The highest BCUT2D eigenvalue weighted by molar-refractivity contribution is 5.97. The molecule has 0 aromatic heterocycles. The first kappa shape index (κ1) is 15.2. The first-order valence-corrected chi connectivity index (χ1v) is 5.87. The molecule has 0 aliphatic carbocycles. The van der Waals surface area contributed by atoms with Gasteiger partial charge >= 0.3 is 0 Å². The van der Waals surface area contributed by atoms with Crippen LogP contribution in [0.3, 0.4) is 0 Å². The van der Waals surface area contributed by atoms with Crippen molar-refractivity contribution in [2.24, 2.45) is 10.9 Å². The van der Waals surface area contributed by atoms with Crippen LogP contribution in [0.15, 0.2) is 29.4 Å². The molecule has 0 heterocycles. The van der Waals surface area contributed by atoms with Crippen molar-refractivity contribution in [2.45, 2.75) is 6.10 Å². The van der Waals surface area contributed by atoms with E-state index in [0.29, 0.717) is 31.0 Å². The zero-order valence-corrected chi connectivity index (χ0v) is 10.5. The second-order valence-electron chi connectivity index (χ2n) is 3.90. The van der Waals surface area contributed by atoms with Crippen molar-refractivity contribution < 1.29 is 20.2 Å². The Morgan fingerprint density at radius 2 is 2.05 bits per heavy atom. The van der Waals surface area contributed by atoms with Gasteiger partial charge in [0.1, 0.15) is 12.4 Å². The average Bonchev–Trinajstić information content (AvgIpc) is 2.46. The molecule has 19 heavy (non-hydrogen) atoms. The number of amidine groups is 1. The minimum atomic E-state index is -0.750. The summed E-state index contributed by atoms with van der Waals surface area (Å²) in [5.74, 6) is 0.713. The molecule has 0 radical (unpaired) electrons. The maximum Gasteiger partial charge on any atom is 0.170 e. The number of oxime groups is 1. The van der Waals surface area contributed by atoms with E-state index < -0.39 is 6.10 Å². The molecule has 1 unspecified atom stereocenters. The molecule has 0 fully saturated rings. The molecule has 1 aromatic carbocycles. The molecule has 0 spiro atoms. The van der Waals surface area contributed by atoms with Crippen molar-refractivity contribution in [2.75, 3.05) is 26.3 Å². The van der Waals surface area contributed by atoms with Crippen LogP contribution in [-0.2, 0) is 0 Å². The highest BCUT2D eigenvalue weighted by Crippen LogP contribution is 2.11. The third-order valence-corrected chi connectivity index (χ3v) is 2.40. The van der Waals surface area contributed by atoms with Gasteiger partial charge in [0, 0.05) is 18.7 Å². The van der Waals surface area contributed by atoms with E-state index in [1.54, 1.807) is 24.3 Å². The zero-order valence-electron chi connectivity index (χ0n) is 10.5. The van der Waals surface area contributed by atoms with E-state index in [1.165, 1.54) is 0 Å². The fourth-order valence-electron chi connectivity index (χ4n) is 1.35. The summed E-state index contributed by atoms with van der Waals surface area (Å²) in [6.45, 7) is 1.05. The number of nitrogens with zero attached hydrogens (tertiary/aromatic N) is 1. The number of nitrogens with two attached hydrogens (primary N) is 1. The molecule has 6 N–H and O–H groups in total. The van der Waals surface area contributed by atoms with E-state index in [4.69, 9.17) is 25.9 Å². The maximum absolute atomic E-state index is 9.08. The Labute approximate surface area is 111 Å². The minimum Gasteiger partial charge on any atom is -0.492 e. The molecular weight excluding hydrogens is 250 g/mol. The van der Waals surface area contributed by atoms with Gasteiger partial charge in [0.2, 0.25) is 0 Å². The van der Waals surface area contributed by atoms with Gasteiger partial charge in [0.05, 0.1) is 12.7 Å². The van der Waals surface area contributed by atoms with Gasteiger partial charge in [-0.3, -0.25) is 0 Å². The summed E-state index contributed by atoms with van der Waals surface area (Å²) in [5.41, 5.74) is 6.04. The Hall–Kier alpha value is -1.83.